The van der Waals surface area contributed by atoms with Crippen molar-refractivity contribution in [3.63, 3.8) is 0 Å². The molecule has 20 heavy (non-hydrogen) atoms. The summed E-state index contributed by atoms with van der Waals surface area (Å²) in [5.74, 6) is 1.14. The first-order valence-corrected chi connectivity index (χ1v) is 7.04. The van der Waals surface area contributed by atoms with E-state index in [1.54, 1.807) is 32.4 Å². The number of hydrogen-bond acceptors (Lipinski definition) is 3. The Kier molecular flexibility index (Phi) is 4.79. The van der Waals surface area contributed by atoms with Crippen molar-refractivity contribution in [3.8, 4) is 11.5 Å². The number of Topliss-reactive ketones (excluding diaryl/α,β-unsaturated/α-hetero) is 1. The Morgan fingerprint density at radius 1 is 1.00 bits per heavy atom. The van der Waals surface area contributed by atoms with Crippen LogP contribution in [0.3, 0.4) is 0 Å². The van der Waals surface area contributed by atoms with E-state index in [9.17, 15) is 4.79 Å². The Morgan fingerprint density at radius 3 is 2.25 bits per heavy atom. The number of rotatable bonds is 5. The Hall–Kier alpha value is -1.81. The molecule has 4 heteroatoms. The van der Waals surface area contributed by atoms with Gasteiger partial charge in [-0.15, -0.1) is 0 Å². The zero-order valence-electron chi connectivity index (χ0n) is 11.3. The molecule has 0 aliphatic rings. The van der Waals surface area contributed by atoms with Crippen LogP contribution in [0.2, 0.25) is 0 Å². The standard InChI is InChI=1S/C16H15BrO3/c1-19-13-9-8-12(10-14(13)20-2)16(18)15(17)11-6-4-3-5-7-11/h3-10,15H,1-2H3. The lowest BCUT2D eigenvalue weighted by Gasteiger charge is -2.12. The van der Waals surface area contributed by atoms with Crippen LogP contribution in [0.1, 0.15) is 20.7 Å². The van der Waals surface area contributed by atoms with Crippen LogP contribution in [0.15, 0.2) is 48.5 Å². The summed E-state index contributed by atoms with van der Waals surface area (Å²) < 4.78 is 10.4. The van der Waals surface area contributed by atoms with Gasteiger partial charge in [0.2, 0.25) is 0 Å². The highest BCUT2D eigenvalue weighted by Crippen LogP contribution is 2.32. The lowest BCUT2D eigenvalue weighted by atomic mass is 10.0. The van der Waals surface area contributed by atoms with Gasteiger partial charge in [-0.2, -0.15) is 0 Å². The highest BCUT2D eigenvalue weighted by molar-refractivity contribution is 9.09. The van der Waals surface area contributed by atoms with E-state index in [1.165, 1.54) is 0 Å². The fraction of sp³-hybridized carbons (Fsp3) is 0.188. The third kappa shape index (κ3) is 3.02. The molecule has 0 saturated carbocycles. The maximum atomic E-state index is 12.5. The lowest BCUT2D eigenvalue weighted by molar-refractivity contribution is 0.0991. The van der Waals surface area contributed by atoms with E-state index < -0.39 is 0 Å². The molecule has 0 amide bonds. The van der Waals surface area contributed by atoms with Gasteiger partial charge in [0.25, 0.3) is 0 Å². The second-order valence-corrected chi connectivity index (χ2v) is 5.12. The van der Waals surface area contributed by atoms with Crippen molar-refractivity contribution in [3.05, 3.63) is 59.7 Å². The van der Waals surface area contributed by atoms with Crippen LogP contribution in [0, 0.1) is 0 Å². The van der Waals surface area contributed by atoms with E-state index in [0.29, 0.717) is 17.1 Å². The molecule has 0 fully saturated rings. The highest BCUT2D eigenvalue weighted by atomic mass is 79.9. The molecule has 0 spiro atoms. The van der Waals surface area contributed by atoms with Gasteiger partial charge in [0.1, 0.15) is 4.83 Å². The number of methoxy groups -OCH3 is 2. The predicted octanol–water partition coefficient (Wildman–Crippen LogP) is 4.02. The maximum Gasteiger partial charge on any atom is 0.181 e. The van der Waals surface area contributed by atoms with Crippen molar-refractivity contribution in [2.24, 2.45) is 0 Å². The van der Waals surface area contributed by atoms with Gasteiger partial charge >= 0.3 is 0 Å². The van der Waals surface area contributed by atoms with Gasteiger partial charge in [-0.3, -0.25) is 4.79 Å². The third-order valence-corrected chi connectivity index (χ3v) is 3.93. The minimum absolute atomic E-state index is 0.0165. The van der Waals surface area contributed by atoms with Crippen LogP contribution in [-0.2, 0) is 0 Å². The van der Waals surface area contributed by atoms with Crippen LogP contribution in [0.25, 0.3) is 0 Å². The smallest absolute Gasteiger partial charge is 0.181 e. The molecule has 0 radical (unpaired) electrons. The van der Waals surface area contributed by atoms with Crippen molar-refractivity contribution in [2.75, 3.05) is 14.2 Å². The monoisotopic (exact) mass is 334 g/mol. The third-order valence-electron chi connectivity index (χ3n) is 2.99. The Balaban J connectivity index is 2.29. The van der Waals surface area contributed by atoms with E-state index in [4.69, 9.17) is 9.47 Å². The molecule has 3 nitrogen and oxygen atoms in total. The molecule has 0 heterocycles. The zero-order valence-corrected chi connectivity index (χ0v) is 12.9. The average Bonchev–Trinajstić information content (AvgIpc) is 2.53. The number of hydrogen-bond donors (Lipinski definition) is 0. The Labute approximate surface area is 126 Å². The molecule has 2 rings (SSSR count). The molecule has 1 atom stereocenters. The van der Waals surface area contributed by atoms with Gasteiger partial charge in [0.05, 0.1) is 14.2 Å². The average molecular weight is 335 g/mol. The molecule has 0 aromatic heterocycles. The molecule has 0 N–H and O–H groups in total. The molecule has 2 aromatic carbocycles. The van der Waals surface area contributed by atoms with Crippen molar-refractivity contribution >= 4 is 21.7 Å². The van der Waals surface area contributed by atoms with Crippen molar-refractivity contribution in [1.82, 2.24) is 0 Å². The molecular weight excluding hydrogens is 320 g/mol. The Bertz CT molecular complexity index is 596. The fourth-order valence-electron chi connectivity index (χ4n) is 1.91. The van der Waals surface area contributed by atoms with Crippen LogP contribution in [0.5, 0.6) is 11.5 Å². The topological polar surface area (TPSA) is 35.5 Å². The largest absolute Gasteiger partial charge is 0.493 e. The molecule has 0 bridgehead atoms. The van der Waals surface area contributed by atoms with Gasteiger partial charge in [-0.05, 0) is 23.8 Å². The number of carbonyl (C=O) groups is 1. The van der Waals surface area contributed by atoms with Crippen molar-refractivity contribution in [1.29, 1.82) is 0 Å². The van der Waals surface area contributed by atoms with Gasteiger partial charge in [0, 0.05) is 5.56 Å². The van der Waals surface area contributed by atoms with Crippen LogP contribution in [0.4, 0.5) is 0 Å². The van der Waals surface area contributed by atoms with Crippen LogP contribution >= 0.6 is 15.9 Å². The number of ether oxygens (including phenoxy) is 2. The van der Waals surface area contributed by atoms with Crippen LogP contribution in [-0.4, -0.2) is 20.0 Å². The van der Waals surface area contributed by atoms with Crippen molar-refractivity contribution < 1.29 is 14.3 Å². The Morgan fingerprint density at radius 2 is 1.65 bits per heavy atom. The summed E-state index contributed by atoms with van der Waals surface area (Å²) >= 11 is 3.45. The quantitative estimate of drug-likeness (QED) is 0.611. The van der Waals surface area contributed by atoms with Crippen LogP contribution < -0.4 is 9.47 Å². The van der Waals surface area contributed by atoms with E-state index in [0.717, 1.165) is 5.56 Å². The van der Waals surface area contributed by atoms with Gasteiger partial charge in [0.15, 0.2) is 17.3 Å². The molecule has 0 aliphatic heterocycles. The second kappa shape index (κ2) is 6.57. The highest BCUT2D eigenvalue weighted by Gasteiger charge is 2.20. The van der Waals surface area contributed by atoms with E-state index in [2.05, 4.69) is 15.9 Å². The van der Waals surface area contributed by atoms with E-state index >= 15 is 0 Å². The van der Waals surface area contributed by atoms with Crippen molar-refractivity contribution in [2.45, 2.75) is 4.83 Å². The first kappa shape index (κ1) is 14.6. The molecular formula is C16H15BrO3. The summed E-state index contributed by atoms with van der Waals surface area (Å²) in [5, 5.41) is 0. The summed E-state index contributed by atoms with van der Waals surface area (Å²) in [6.45, 7) is 0. The molecule has 0 saturated heterocycles. The molecule has 2 aromatic rings. The molecule has 1 unspecified atom stereocenters. The summed E-state index contributed by atoms with van der Waals surface area (Å²) in [5.41, 5.74) is 1.50. The summed E-state index contributed by atoms with van der Waals surface area (Å²) in [4.78, 5) is 12.1. The van der Waals surface area contributed by atoms with E-state index in [-0.39, 0.29) is 10.6 Å². The normalized spacial score (nSPS) is 11.8. The first-order valence-electron chi connectivity index (χ1n) is 6.12. The minimum Gasteiger partial charge on any atom is -0.493 e. The lowest BCUT2D eigenvalue weighted by Crippen LogP contribution is -2.07. The predicted molar refractivity (Wildman–Crippen MR) is 82.0 cm³/mol. The molecule has 0 aliphatic carbocycles. The number of halogens is 1. The zero-order chi connectivity index (χ0) is 14.5. The minimum atomic E-state index is -0.373. The second-order valence-electron chi connectivity index (χ2n) is 4.21. The number of benzene rings is 2. The fourth-order valence-corrected chi connectivity index (χ4v) is 2.48. The number of alkyl halides is 1. The van der Waals surface area contributed by atoms with Gasteiger partial charge in [-0.25, -0.2) is 0 Å². The van der Waals surface area contributed by atoms with Gasteiger partial charge < -0.3 is 9.47 Å². The SMILES string of the molecule is COc1ccc(C(=O)C(Br)c2ccccc2)cc1OC. The van der Waals surface area contributed by atoms with Gasteiger partial charge in [-0.1, -0.05) is 46.3 Å². The molecule has 104 valence electrons. The summed E-state index contributed by atoms with van der Waals surface area (Å²) in [7, 11) is 3.12. The number of ketones is 1. The summed E-state index contributed by atoms with van der Waals surface area (Å²) in [6, 6.07) is 14.7. The first-order chi connectivity index (χ1) is 9.67. The maximum absolute atomic E-state index is 12.5. The summed E-state index contributed by atoms with van der Waals surface area (Å²) in [6.07, 6.45) is 0. The number of carbonyl (C=O) groups excluding carboxylic acids is 1. The van der Waals surface area contributed by atoms with E-state index in [1.807, 2.05) is 30.3 Å².